The monoisotopic (exact) mass is 383 g/mol. The van der Waals surface area contributed by atoms with Crippen molar-refractivity contribution >= 4 is 34.6 Å². The highest BCUT2D eigenvalue weighted by molar-refractivity contribution is 6.30. The van der Waals surface area contributed by atoms with Crippen molar-refractivity contribution in [2.45, 2.75) is 6.92 Å². The number of hydrazone groups is 1. The van der Waals surface area contributed by atoms with Gasteiger partial charge in [0.1, 0.15) is 17.0 Å². The Bertz CT molecular complexity index is 970. The van der Waals surface area contributed by atoms with Gasteiger partial charge in [0.05, 0.1) is 12.8 Å². The fraction of sp³-hybridized carbons (Fsp3) is 0.150. The quantitative estimate of drug-likeness (QED) is 0.497. The highest BCUT2D eigenvalue weighted by atomic mass is 35.5. The summed E-state index contributed by atoms with van der Waals surface area (Å²) in [6, 6.07) is 14.5. The smallest absolute Gasteiger partial charge is 0.277 e. The average molecular weight is 384 g/mol. The molecule has 1 aromatic heterocycles. The summed E-state index contributed by atoms with van der Waals surface area (Å²) in [4.78, 5) is 16.3. The zero-order valence-corrected chi connectivity index (χ0v) is 15.4. The first kappa shape index (κ1) is 18.7. The third-order valence-corrected chi connectivity index (χ3v) is 3.85. The lowest BCUT2D eigenvalue weighted by molar-refractivity contribution is -0.123. The van der Waals surface area contributed by atoms with Gasteiger partial charge < -0.3 is 9.47 Å². The van der Waals surface area contributed by atoms with Gasteiger partial charge in [0.25, 0.3) is 5.91 Å². The second kappa shape index (κ2) is 9.00. The lowest BCUT2D eigenvalue weighted by Gasteiger charge is -2.08. The van der Waals surface area contributed by atoms with E-state index in [2.05, 4.69) is 15.5 Å². The largest absolute Gasteiger partial charge is 0.493 e. The molecule has 138 valence electrons. The third-order valence-electron chi connectivity index (χ3n) is 3.62. The first-order valence-corrected chi connectivity index (χ1v) is 8.76. The van der Waals surface area contributed by atoms with Crippen molar-refractivity contribution in [2.24, 2.45) is 5.10 Å². The predicted molar refractivity (Wildman–Crippen MR) is 106 cm³/mol. The third kappa shape index (κ3) is 4.95. The van der Waals surface area contributed by atoms with Gasteiger partial charge in [0, 0.05) is 22.2 Å². The summed E-state index contributed by atoms with van der Waals surface area (Å²) in [7, 11) is 0. The normalized spacial score (nSPS) is 10.9. The molecule has 0 aliphatic carbocycles. The van der Waals surface area contributed by atoms with Crippen LogP contribution in [0.3, 0.4) is 0 Å². The molecule has 1 heterocycles. The molecule has 7 heteroatoms. The minimum absolute atomic E-state index is 0.180. The molecule has 3 rings (SSSR count). The van der Waals surface area contributed by atoms with E-state index in [9.17, 15) is 4.79 Å². The number of amides is 1. The molecule has 0 saturated heterocycles. The highest BCUT2D eigenvalue weighted by Gasteiger charge is 2.06. The number of hydrogen-bond donors (Lipinski definition) is 1. The summed E-state index contributed by atoms with van der Waals surface area (Å²) >= 11 is 5.99. The molecule has 0 aliphatic heterocycles. The van der Waals surface area contributed by atoms with E-state index < -0.39 is 0 Å². The molecule has 2 aromatic carbocycles. The van der Waals surface area contributed by atoms with E-state index >= 15 is 0 Å². The van der Waals surface area contributed by atoms with Crippen LogP contribution in [0.4, 0.5) is 0 Å². The molecule has 0 fully saturated rings. The van der Waals surface area contributed by atoms with E-state index in [0.29, 0.717) is 34.2 Å². The van der Waals surface area contributed by atoms with Crippen LogP contribution >= 0.6 is 11.6 Å². The van der Waals surface area contributed by atoms with Gasteiger partial charge in [-0.05, 0) is 37.3 Å². The minimum Gasteiger partial charge on any atom is -0.493 e. The molecule has 6 nitrogen and oxygen atoms in total. The number of carbonyl (C=O) groups is 1. The van der Waals surface area contributed by atoms with Crippen molar-refractivity contribution in [2.75, 3.05) is 13.2 Å². The van der Waals surface area contributed by atoms with Crippen molar-refractivity contribution in [1.82, 2.24) is 10.4 Å². The first-order chi connectivity index (χ1) is 13.2. The standard InChI is InChI=1S/C20H18ClN3O3/c1-2-26-17-9-8-16(21)11-15(17)12-23-24-19(25)13-27-18-7-3-5-14-6-4-10-22-20(14)18/h3-12H,2,13H2,1H3,(H,24,25)/b23-12-. The molecule has 0 saturated carbocycles. The number of pyridine rings is 1. The van der Waals surface area contributed by atoms with Crippen molar-refractivity contribution in [3.63, 3.8) is 0 Å². The van der Waals surface area contributed by atoms with Crippen LogP contribution in [-0.4, -0.2) is 30.3 Å². The topological polar surface area (TPSA) is 72.8 Å². The Balaban J connectivity index is 1.60. The van der Waals surface area contributed by atoms with Crippen molar-refractivity contribution in [3.05, 3.63) is 65.3 Å². The molecular weight excluding hydrogens is 366 g/mol. The van der Waals surface area contributed by atoms with E-state index in [1.807, 2.05) is 31.2 Å². The maximum absolute atomic E-state index is 12.0. The number of aromatic nitrogens is 1. The van der Waals surface area contributed by atoms with Crippen LogP contribution in [0.2, 0.25) is 5.02 Å². The van der Waals surface area contributed by atoms with Crippen molar-refractivity contribution < 1.29 is 14.3 Å². The maximum atomic E-state index is 12.0. The number of halogens is 1. The number of nitrogens with one attached hydrogen (secondary N) is 1. The molecule has 1 amide bonds. The van der Waals surface area contributed by atoms with Gasteiger partial charge in [-0.1, -0.05) is 29.8 Å². The Morgan fingerprint density at radius 2 is 2.04 bits per heavy atom. The number of nitrogens with zero attached hydrogens (tertiary/aromatic N) is 2. The van der Waals surface area contributed by atoms with Crippen LogP contribution in [0.5, 0.6) is 11.5 Å². The Kier molecular flexibility index (Phi) is 6.22. The van der Waals surface area contributed by atoms with Crippen LogP contribution in [0.25, 0.3) is 10.9 Å². The van der Waals surface area contributed by atoms with E-state index in [-0.39, 0.29) is 12.5 Å². The van der Waals surface area contributed by atoms with Crippen molar-refractivity contribution in [1.29, 1.82) is 0 Å². The molecule has 0 radical (unpaired) electrons. The molecular formula is C20H18ClN3O3. The van der Waals surface area contributed by atoms with Crippen LogP contribution in [0.1, 0.15) is 12.5 Å². The number of para-hydroxylation sites is 1. The molecule has 1 N–H and O–H groups in total. The van der Waals surface area contributed by atoms with Crippen molar-refractivity contribution in [3.8, 4) is 11.5 Å². The summed E-state index contributed by atoms with van der Waals surface area (Å²) < 4.78 is 11.1. The number of benzene rings is 2. The Morgan fingerprint density at radius 3 is 2.89 bits per heavy atom. The Hall–Kier alpha value is -3.12. The maximum Gasteiger partial charge on any atom is 0.277 e. The van der Waals surface area contributed by atoms with E-state index in [1.54, 1.807) is 30.5 Å². The van der Waals surface area contributed by atoms with E-state index in [4.69, 9.17) is 21.1 Å². The number of hydrogen-bond acceptors (Lipinski definition) is 5. The minimum atomic E-state index is -0.390. The second-order valence-corrected chi connectivity index (χ2v) is 5.96. The predicted octanol–water partition coefficient (Wildman–Crippen LogP) is 3.82. The molecule has 27 heavy (non-hydrogen) atoms. The second-order valence-electron chi connectivity index (χ2n) is 5.53. The summed E-state index contributed by atoms with van der Waals surface area (Å²) in [6.07, 6.45) is 3.16. The first-order valence-electron chi connectivity index (χ1n) is 8.38. The van der Waals surface area contributed by atoms with Gasteiger partial charge in [-0.15, -0.1) is 0 Å². The molecule has 0 spiro atoms. The average Bonchev–Trinajstić information content (AvgIpc) is 2.68. The van der Waals surface area contributed by atoms with Gasteiger partial charge in [0.2, 0.25) is 0 Å². The number of fused-ring (bicyclic) bond motifs is 1. The number of rotatable bonds is 7. The number of ether oxygens (including phenoxy) is 2. The Labute approximate surface area is 161 Å². The zero-order valence-electron chi connectivity index (χ0n) is 14.7. The van der Waals surface area contributed by atoms with Gasteiger partial charge in [0.15, 0.2) is 6.61 Å². The summed E-state index contributed by atoms with van der Waals surface area (Å²) in [5.41, 5.74) is 3.80. The summed E-state index contributed by atoms with van der Waals surface area (Å²) in [5, 5.41) is 5.44. The van der Waals surface area contributed by atoms with Crippen LogP contribution < -0.4 is 14.9 Å². The highest BCUT2D eigenvalue weighted by Crippen LogP contribution is 2.23. The lowest BCUT2D eigenvalue weighted by Crippen LogP contribution is -2.24. The van der Waals surface area contributed by atoms with E-state index in [0.717, 1.165) is 5.39 Å². The number of carbonyl (C=O) groups excluding carboxylic acids is 1. The fourth-order valence-corrected chi connectivity index (χ4v) is 2.63. The fourth-order valence-electron chi connectivity index (χ4n) is 2.45. The van der Waals surface area contributed by atoms with Gasteiger partial charge >= 0.3 is 0 Å². The molecule has 0 aliphatic rings. The lowest BCUT2D eigenvalue weighted by atomic mass is 10.2. The molecule has 0 unspecified atom stereocenters. The SMILES string of the molecule is CCOc1ccc(Cl)cc1/C=N\NC(=O)COc1cccc2cccnc12. The summed E-state index contributed by atoms with van der Waals surface area (Å²) in [5.74, 6) is 0.790. The molecule has 0 atom stereocenters. The molecule has 0 bridgehead atoms. The zero-order chi connectivity index (χ0) is 19.1. The van der Waals surface area contributed by atoms with Crippen LogP contribution in [-0.2, 0) is 4.79 Å². The summed E-state index contributed by atoms with van der Waals surface area (Å²) in [6.45, 7) is 2.22. The van der Waals surface area contributed by atoms with Gasteiger partial charge in [-0.3, -0.25) is 9.78 Å². The van der Waals surface area contributed by atoms with Gasteiger partial charge in [-0.25, -0.2) is 5.43 Å². The Morgan fingerprint density at radius 1 is 1.19 bits per heavy atom. The van der Waals surface area contributed by atoms with E-state index in [1.165, 1.54) is 6.21 Å². The van der Waals surface area contributed by atoms with Crippen LogP contribution in [0.15, 0.2) is 59.8 Å². The molecule has 3 aromatic rings. The van der Waals surface area contributed by atoms with Crippen LogP contribution in [0, 0.1) is 0 Å². The van der Waals surface area contributed by atoms with Gasteiger partial charge in [-0.2, -0.15) is 5.10 Å².